The molecule has 1 heterocycles. The second-order valence-corrected chi connectivity index (χ2v) is 2.82. The number of carboxylic acids is 1. The van der Waals surface area contributed by atoms with E-state index in [0.29, 0.717) is 11.3 Å². The van der Waals surface area contributed by atoms with Gasteiger partial charge in [-0.3, -0.25) is 0 Å². The monoisotopic (exact) mass is 192 g/mol. The third kappa shape index (κ3) is 1.21. The molecule has 4 nitrogen and oxygen atoms in total. The Hall–Kier alpha value is -1.97. The molecule has 1 N–H and O–H groups in total. The third-order valence-electron chi connectivity index (χ3n) is 1.98. The third-order valence-corrected chi connectivity index (χ3v) is 1.98. The molecular formula is C10H8O4. The molecule has 0 spiro atoms. The number of hydrogen-bond donors (Lipinski definition) is 1. The van der Waals surface area contributed by atoms with Crippen LogP contribution in [-0.2, 0) is 0 Å². The molecule has 2 aromatic rings. The van der Waals surface area contributed by atoms with E-state index in [0.717, 1.165) is 5.39 Å². The fraction of sp³-hybridized carbons (Fsp3) is 0.100. The first-order valence-electron chi connectivity index (χ1n) is 4.01. The number of furan rings is 1. The van der Waals surface area contributed by atoms with E-state index in [2.05, 4.69) is 0 Å². The number of carboxylic acid groups (broad SMARTS) is 1. The summed E-state index contributed by atoms with van der Waals surface area (Å²) in [6.07, 6.45) is 1.50. The van der Waals surface area contributed by atoms with E-state index in [-0.39, 0.29) is 5.56 Å². The van der Waals surface area contributed by atoms with Crippen molar-refractivity contribution in [3.63, 3.8) is 0 Å². The van der Waals surface area contributed by atoms with E-state index in [1.165, 1.54) is 19.4 Å². The number of hydrogen-bond acceptors (Lipinski definition) is 3. The van der Waals surface area contributed by atoms with E-state index < -0.39 is 5.97 Å². The van der Waals surface area contributed by atoms with Crippen molar-refractivity contribution in [1.82, 2.24) is 0 Å². The molecule has 0 aliphatic carbocycles. The molecule has 1 aromatic carbocycles. The Kier molecular flexibility index (Phi) is 1.89. The minimum Gasteiger partial charge on any atom is -0.493 e. The minimum absolute atomic E-state index is 0.191. The van der Waals surface area contributed by atoms with Crippen LogP contribution in [0, 0.1) is 0 Å². The molecule has 0 saturated heterocycles. The Morgan fingerprint density at radius 1 is 1.50 bits per heavy atom. The summed E-state index contributed by atoms with van der Waals surface area (Å²) >= 11 is 0. The number of aromatic carboxylic acids is 1. The van der Waals surface area contributed by atoms with Gasteiger partial charge in [0.25, 0.3) is 0 Å². The van der Waals surface area contributed by atoms with Gasteiger partial charge >= 0.3 is 5.97 Å². The molecule has 0 aliphatic rings. The highest BCUT2D eigenvalue weighted by Gasteiger charge is 2.11. The summed E-state index contributed by atoms with van der Waals surface area (Å²) in [5.74, 6) is -0.545. The lowest BCUT2D eigenvalue weighted by molar-refractivity contribution is 0.0696. The largest absolute Gasteiger partial charge is 0.493 e. The van der Waals surface area contributed by atoms with Crippen LogP contribution in [0.15, 0.2) is 28.9 Å². The van der Waals surface area contributed by atoms with Gasteiger partial charge in [-0.05, 0) is 18.2 Å². The maximum Gasteiger partial charge on any atom is 0.335 e. The summed E-state index contributed by atoms with van der Waals surface area (Å²) in [6, 6.07) is 4.68. The first kappa shape index (κ1) is 8.62. The van der Waals surface area contributed by atoms with Crippen LogP contribution in [0.3, 0.4) is 0 Å². The Morgan fingerprint density at radius 2 is 2.29 bits per heavy atom. The van der Waals surface area contributed by atoms with Gasteiger partial charge in [-0.1, -0.05) is 0 Å². The van der Waals surface area contributed by atoms with Crippen LogP contribution in [-0.4, -0.2) is 18.2 Å². The number of ether oxygens (including phenoxy) is 1. The zero-order chi connectivity index (χ0) is 10.1. The SMILES string of the molecule is COc1cc(C(=O)O)cc2ccoc12. The van der Waals surface area contributed by atoms with Gasteiger partial charge < -0.3 is 14.3 Å². The van der Waals surface area contributed by atoms with Crippen LogP contribution >= 0.6 is 0 Å². The molecule has 0 saturated carbocycles. The van der Waals surface area contributed by atoms with E-state index >= 15 is 0 Å². The molecule has 0 atom stereocenters. The van der Waals surface area contributed by atoms with Crippen molar-refractivity contribution in [2.75, 3.05) is 7.11 Å². The zero-order valence-electron chi connectivity index (χ0n) is 7.48. The van der Waals surface area contributed by atoms with Crippen LogP contribution in [0.5, 0.6) is 5.75 Å². The average molecular weight is 192 g/mol. The Balaban J connectivity index is 2.73. The summed E-state index contributed by atoms with van der Waals surface area (Å²) in [5, 5.41) is 9.54. The van der Waals surface area contributed by atoms with Crippen LogP contribution in [0.2, 0.25) is 0 Å². The standard InChI is InChI=1S/C10H8O4/c1-13-8-5-7(10(11)12)4-6-2-3-14-9(6)8/h2-5H,1H3,(H,11,12). The first-order valence-corrected chi connectivity index (χ1v) is 4.01. The highest BCUT2D eigenvalue weighted by molar-refractivity contribution is 5.95. The smallest absolute Gasteiger partial charge is 0.335 e. The van der Waals surface area contributed by atoms with Gasteiger partial charge in [0.2, 0.25) is 0 Å². The quantitative estimate of drug-likeness (QED) is 0.791. The number of carbonyl (C=O) groups is 1. The molecule has 0 bridgehead atoms. The van der Waals surface area contributed by atoms with Gasteiger partial charge in [0.05, 0.1) is 18.9 Å². The van der Waals surface area contributed by atoms with E-state index in [4.69, 9.17) is 14.3 Å². The Morgan fingerprint density at radius 3 is 2.93 bits per heavy atom. The predicted octanol–water partition coefficient (Wildman–Crippen LogP) is 2.14. The number of rotatable bonds is 2. The van der Waals surface area contributed by atoms with Crippen LogP contribution < -0.4 is 4.74 Å². The lowest BCUT2D eigenvalue weighted by Gasteiger charge is -2.01. The zero-order valence-corrected chi connectivity index (χ0v) is 7.48. The predicted molar refractivity (Wildman–Crippen MR) is 49.7 cm³/mol. The molecule has 0 aliphatic heterocycles. The maximum absolute atomic E-state index is 10.7. The van der Waals surface area contributed by atoms with Gasteiger partial charge in [0, 0.05) is 5.39 Å². The van der Waals surface area contributed by atoms with Gasteiger partial charge in [0.15, 0.2) is 11.3 Å². The van der Waals surface area contributed by atoms with Gasteiger partial charge in [-0.15, -0.1) is 0 Å². The summed E-state index contributed by atoms with van der Waals surface area (Å²) in [7, 11) is 1.48. The lowest BCUT2D eigenvalue weighted by atomic mass is 10.1. The lowest BCUT2D eigenvalue weighted by Crippen LogP contribution is -1.96. The summed E-state index contributed by atoms with van der Waals surface area (Å²) in [6.45, 7) is 0. The Bertz CT molecular complexity index is 484. The molecule has 0 amide bonds. The first-order chi connectivity index (χ1) is 6.72. The van der Waals surface area contributed by atoms with Crippen molar-refractivity contribution < 1.29 is 19.1 Å². The molecule has 2 rings (SSSR count). The molecular weight excluding hydrogens is 184 g/mol. The highest BCUT2D eigenvalue weighted by atomic mass is 16.5. The van der Waals surface area contributed by atoms with Crippen molar-refractivity contribution in [2.24, 2.45) is 0 Å². The summed E-state index contributed by atoms with van der Waals surface area (Å²) in [5.41, 5.74) is 0.758. The molecule has 14 heavy (non-hydrogen) atoms. The topological polar surface area (TPSA) is 59.7 Å². The Labute approximate surface area is 79.7 Å². The molecule has 0 fully saturated rings. The van der Waals surface area contributed by atoms with Crippen LogP contribution in [0.4, 0.5) is 0 Å². The molecule has 72 valence electrons. The average Bonchev–Trinajstić information content (AvgIpc) is 2.63. The number of benzene rings is 1. The number of fused-ring (bicyclic) bond motifs is 1. The fourth-order valence-electron chi connectivity index (χ4n) is 1.32. The van der Waals surface area contributed by atoms with Crippen LogP contribution in [0.1, 0.15) is 10.4 Å². The highest BCUT2D eigenvalue weighted by Crippen LogP contribution is 2.28. The van der Waals surface area contributed by atoms with Crippen molar-refractivity contribution in [3.05, 3.63) is 30.0 Å². The molecule has 4 heteroatoms. The molecule has 0 unspecified atom stereocenters. The second-order valence-electron chi connectivity index (χ2n) is 2.82. The van der Waals surface area contributed by atoms with Gasteiger partial charge in [-0.25, -0.2) is 4.79 Å². The fourth-order valence-corrected chi connectivity index (χ4v) is 1.32. The van der Waals surface area contributed by atoms with Crippen molar-refractivity contribution in [1.29, 1.82) is 0 Å². The van der Waals surface area contributed by atoms with Crippen molar-refractivity contribution in [2.45, 2.75) is 0 Å². The normalized spacial score (nSPS) is 10.4. The van der Waals surface area contributed by atoms with Crippen LogP contribution in [0.25, 0.3) is 11.0 Å². The minimum atomic E-state index is -0.980. The maximum atomic E-state index is 10.7. The van der Waals surface area contributed by atoms with E-state index in [1.54, 1.807) is 12.1 Å². The van der Waals surface area contributed by atoms with Gasteiger partial charge in [0.1, 0.15) is 0 Å². The second kappa shape index (κ2) is 3.06. The summed E-state index contributed by atoms with van der Waals surface area (Å²) < 4.78 is 10.2. The summed E-state index contributed by atoms with van der Waals surface area (Å²) in [4.78, 5) is 10.7. The van der Waals surface area contributed by atoms with E-state index in [1.807, 2.05) is 0 Å². The number of methoxy groups -OCH3 is 1. The van der Waals surface area contributed by atoms with E-state index in [9.17, 15) is 4.79 Å². The molecule has 0 radical (unpaired) electrons. The molecule has 1 aromatic heterocycles. The van der Waals surface area contributed by atoms with Crippen molar-refractivity contribution >= 4 is 16.9 Å². The van der Waals surface area contributed by atoms with Crippen molar-refractivity contribution in [3.8, 4) is 5.75 Å². The van der Waals surface area contributed by atoms with Gasteiger partial charge in [-0.2, -0.15) is 0 Å².